The summed E-state index contributed by atoms with van der Waals surface area (Å²) in [4.78, 5) is 28.2. The molecule has 5 aromatic rings. The van der Waals surface area contributed by atoms with Crippen LogP contribution in [0.3, 0.4) is 0 Å². The summed E-state index contributed by atoms with van der Waals surface area (Å²) >= 11 is 2.91. The summed E-state index contributed by atoms with van der Waals surface area (Å²) in [5.41, 5.74) is 2.60. The maximum absolute atomic E-state index is 14.9. The van der Waals surface area contributed by atoms with Gasteiger partial charge in [0, 0.05) is 25.1 Å². The topological polar surface area (TPSA) is 126 Å². The van der Waals surface area contributed by atoms with E-state index < -0.39 is 25.6 Å². The molecule has 0 saturated carbocycles. The van der Waals surface area contributed by atoms with Crippen molar-refractivity contribution < 1.29 is 32.9 Å². The molecule has 0 spiro atoms. The van der Waals surface area contributed by atoms with Crippen LogP contribution in [0.1, 0.15) is 46.8 Å². The van der Waals surface area contributed by atoms with Gasteiger partial charge in [-0.25, -0.2) is 14.2 Å². The monoisotopic (exact) mass is 875 g/mol. The van der Waals surface area contributed by atoms with E-state index in [1.54, 1.807) is 23.5 Å². The van der Waals surface area contributed by atoms with Crippen LogP contribution in [0.2, 0.25) is 25.7 Å². The molecule has 0 amide bonds. The lowest BCUT2D eigenvalue weighted by Gasteiger charge is -2.24. The zero-order valence-corrected chi connectivity index (χ0v) is 38.5. The number of anilines is 2. The van der Waals surface area contributed by atoms with Crippen molar-refractivity contribution in [3.8, 4) is 17.6 Å². The summed E-state index contributed by atoms with van der Waals surface area (Å²) in [7, 11) is 3.92. The quantitative estimate of drug-likeness (QED) is 0.0391. The molecule has 4 heterocycles. The Morgan fingerprint density at radius 3 is 2.62 bits per heavy atom. The van der Waals surface area contributed by atoms with E-state index >= 15 is 0 Å². The van der Waals surface area contributed by atoms with E-state index in [2.05, 4.69) is 58.4 Å². The Labute approximate surface area is 360 Å². The van der Waals surface area contributed by atoms with Crippen molar-refractivity contribution in [3.63, 3.8) is 0 Å². The Kier molecular flexibility index (Phi) is 14.9. The fourth-order valence-electron chi connectivity index (χ4n) is 6.18. The van der Waals surface area contributed by atoms with Crippen LogP contribution in [0.25, 0.3) is 10.2 Å². The fraction of sp³-hybridized carbons (Fsp3) is 0.465. The fourth-order valence-corrected chi connectivity index (χ4v) is 9.06. The molecule has 1 unspecified atom stereocenters. The Morgan fingerprint density at radius 1 is 1.12 bits per heavy atom. The molecular formula is C43H54FN7O6S2Si. The first kappa shape index (κ1) is 45.0. The third-order valence-corrected chi connectivity index (χ3v) is 13.2. The number of carbonyl (C=O) groups excluding carboxylic acids is 1. The number of benzene rings is 2. The Bertz CT molecular complexity index is 2420. The first-order valence-corrected chi connectivity index (χ1v) is 25.2. The lowest BCUT2D eigenvalue weighted by Crippen LogP contribution is -2.32. The van der Waals surface area contributed by atoms with Gasteiger partial charge in [-0.1, -0.05) is 55.0 Å². The van der Waals surface area contributed by atoms with Gasteiger partial charge in [0.1, 0.15) is 12.8 Å². The van der Waals surface area contributed by atoms with Crippen molar-refractivity contribution in [3.05, 3.63) is 80.8 Å². The maximum Gasteiger partial charge on any atom is 0.357 e. The van der Waals surface area contributed by atoms with Crippen LogP contribution in [0.15, 0.2) is 53.5 Å². The average Bonchev–Trinajstić information content (AvgIpc) is 3.88. The van der Waals surface area contributed by atoms with E-state index in [0.717, 1.165) is 26.6 Å². The zero-order chi connectivity index (χ0) is 43.0. The van der Waals surface area contributed by atoms with Crippen molar-refractivity contribution in [2.75, 3.05) is 59.0 Å². The summed E-state index contributed by atoms with van der Waals surface area (Å²) in [5, 5.41) is 9.80. The van der Waals surface area contributed by atoms with Crippen LogP contribution in [-0.2, 0) is 32.1 Å². The van der Waals surface area contributed by atoms with Gasteiger partial charge in [0.05, 0.1) is 43.6 Å². The number of halogens is 1. The van der Waals surface area contributed by atoms with Crippen LogP contribution in [0, 0.1) is 24.6 Å². The number of fused-ring (bicyclic) bond motifs is 1. The second kappa shape index (κ2) is 19.9. The molecule has 6 rings (SSSR count). The predicted octanol–water partition coefficient (Wildman–Crippen LogP) is 7.94. The second-order valence-electron chi connectivity index (χ2n) is 16.4. The van der Waals surface area contributed by atoms with Gasteiger partial charge in [-0.2, -0.15) is 4.99 Å². The van der Waals surface area contributed by atoms with Crippen molar-refractivity contribution >= 4 is 63.7 Å². The first-order chi connectivity index (χ1) is 28.6. The van der Waals surface area contributed by atoms with E-state index in [-0.39, 0.29) is 24.2 Å². The zero-order valence-electron chi connectivity index (χ0n) is 35.8. The standard InChI is InChI=1S/C43H54FN7O6S2Si/c1-29-24-37(47-48-39(29)46-42-51(28-54-22-23-60(7,8)9)33-15-10-11-16-35(33)58-42)50(26-31-27-56-43(2,3)57-31)41-45-38(40(52)53-6)36(59-41)17-13-21-55-34-19-18-30(25-32(34)44)14-12-20-49(4)5/h10-11,15-16,18-19,24-25,31H,13,17,20-23,26-28H2,1-9H3/b46-42-. The summed E-state index contributed by atoms with van der Waals surface area (Å²) in [6, 6.07) is 15.9. The number of hydrogen-bond acceptors (Lipinski definition) is 14. The van der Waals surface area contributed by atoms with Gasteiger partial charge in [-0.3, -0.25) is 14.4 Å². The number of thiazole rings is 2. The van der Waals surface area contributed by atoms with Crippen molar-refractivity contribution in [1.82, 2.24) is 24.6 Å². The molecule has 1 atom stereocenters. The SMILES string of the molecule is COC(=O)c1nc(N(CC2COC(C)(C)O2)c2cc(C)c(/N=c3\sc4ccccc4n3COCC[Si](C)(C)C)nn2)sc1CCCOc1ccc(C#CCN(C)C)cc1F. The van der Waals surface area contributed by atoms with E-state index in [1.165, 1.54) is 24.5 Å². The summed E-state index contributed by atoms with van der Waals surface area (Å²) in [5.74, 6) is 5.27. The van der Waals surface area contributed by atoms with Crippen LogP contribution in [0.4, 0.5) is 21.2 Å². The Hall–Kier alpha value is -4.54. The number of methoxy groups -OCH3 is 1. The lowest BCUT2D eigenvalue weighted by atomic mass is 10.2. The smallest absolute Gasteiger partial charge is 0.357 e. The third kappa shape index (κ3) is 12.1. The third-order valence-electron chi connectivity index (χ3n) is 9.34. The first-order valence-electron chi connectivity index (χ1n) is 19.9. The number of para-hydroxylation sites is 1. The molecule has 60 heavy (non-hydrogen) atoms. The van der Waals surface area contributed by atoms with Gasteiger partial charge in [0.2, 0.25) is 0 Å². The van der Waals surface area contributed by atoms with Gasteiger partial charge in [-0.15, -0.1) is 21.5 Å². The van der Waals surface area contributed by atoms with Crippen molar-refractivity contribution in [1.29, 1.82) is 0 Å². The molecule has 1 aliphatic rings. The highest BCUT2D eigenvalue weighted by atomic mass is 32.1. The predicted molar refractivity (Wildman–Crippen MR) is 237 cm³/mol. The minimum atomic E-state index is -1.25. The molecule has 1 fully saturated rings. The van der Waals surface area contributed by atoms with Gasteiger partial charge in [0.25, 0.3) is 0 Å². The number of rotatable bonds is 17. The van der Waals surface area contributed by atoms with E-state index in [0.29, 0.717) is 73.1 Å². The van der Waals surface area contributed by atoms with Crippen LogP contribution >= 0.6 is 22.7 Å². The van der Waals surface area contributed by atoms with E-state index in [4.69, 9.17) is 33.7 Å². The number of carbonyl (C=O) groups is 1. The molecule has 0 radical (unpaired) electrons. The van der Waals surface area contributed by atoms with Gasteiger partial charge >= 0.3 is 5.97 Å². The number of nitrogens with zero attached hydrogens (tertiary/aromatic N) is 7. The molecule has 3 aromatic heterocycles. The molecule has 0 N–H and O–H groups in total. The summed E-state index contributed by atoms with van der Waals surface area (Å²) < 4.78 is 47.3. The highest BCUT2D eigenvalue weighted by Gasteiger charge is 2.35. The normalized spacial score (nSPS) is 15.4. The van der Waals surface area contributed by atoms with Gasteiger partial charge in [-0.05, 0) is 95.7 Å². The van der Waals surface area contributed by atoms with Crippen molar-refractivity contribution in [2.24, 2.45) is 4.99 Å². The minimum Gasteiger partial charge on any atom is -0.491 e. The number of aryl methyl sites for hydroxylation is 2. The molecular weight excluding hydrogens is 822 g/mol. The van der Waals surface area contributed by atoms with E-state index in [1.807, 2.05) is 62.9 Å². The molecule has 1 saturated heterocycles. The van der Waals surface area contributed by atoms with Crippen LogP contribution in [-0.4, -0.2) is 105 Å². The molecule has 0 bridgehead atoms. The van der Waals surface area contributed by atoms with Gasteiger partial charge < -0.3 is 23.7 Å². The summed E-state index contributed by atoms with van der Waals surface area (Å²) in [6.45, 7) is 15.2. The molecule has 0 aliphatic carbocycles. The lowest BCUT2D eigenvalue weighted by molar-refractivity contribution is -0.137. The summed E-state index contributed by atoms with van der Waals surface area (Å²) in [6.07, 6.45) is 0.591. The number of ether oxygens (including phenoxy) is 5. The van der Waals surface area contributed by atoms with Crippen LogP contribution < -0.4 is 14.4 Å². The highest BCUT2D eigenvalue weighted by molar-refractivity contribution is 7.16. The number of aromatic nitrogens is 4. The highest BCUT2D eigenvalue weighted by Crippen LogP contribution is 2.35. The number of esters is 1. The van der Waals surface area contributed by atoms with E-state index in [9.17, 15) is 9.18 Å². The average molecular weight is 876 g/mol. The Balaban J connectivity index is 1.25. The van der Waals surface area contributed by atoms with Crippen molar-refractivity contribution in [2.45, 2.75) is 77.9 Å². The van der Waals surface area contributed by atoms with Gasteiger partial charge in [0.15, 0.2) is 44.6 Å². The Morgan fingerprint density at radius 2 is 1.92 bits per heavy atom. The number of hydrogen-bond donors (Lipinski definition) is 0. The molecule has 1 aliphatic heterocycles. The molecule has 2 aromatic carbocycles. The van der Waals surface area contributed by atoms with Crippen LogP contribution in [0.5, 0.6) is 5.75 Å². The molecule has 320 valence electrons. The molecule has 13 nitrogen and oxygen atoms in total. The largest absolute Gasteiger partial charge is 0.491 e. The molecule has 17 heteroatoms. The second-order valence-corrected chi connectivity index (χ2v) is 24.1. The maximum atomic E-state index is 14.9. The minimum absolute atomic E-state index is 0.135.